The molecule has 34 heavy (non-hydrogen) atoms. The van der Waals surface area contributed by atoms with Crippen LogP contribution in [0.25, 0.3) is 11.1 Å². The van der Waals surface area contributed by atoms with E-state index < -0.39 is 11.9 Å². The number of rotatable bonds is 15. The zero-order valence-corrected chi connectivity index (χ0v) is 20.9. The van der Waals surface area contributed by atoms with E-state index in [2.05, 4.69) is 38.1 Å². The lowest BCUT2D eigenvalue weighted by Crippen LogP contribution is -2.03. The summed E-state index contributed by atoms with van der Waals surface area (Å²) < 4.78 is 11.5. The summed E-state index contributed by atoms with van der Waals surface area (Å²) in [7, 11) is 3.34. The molecule has 0 spiro atoms. The molecule has 0 unspecified atom stereocenters. The Morgan fingerprint density at radius 1 is 0.647 bits per heavy atom. The maximum absolute atomic E-state index is 11.0. The third-order valence-corrected chi connectivity index (χ3v) is 5.94. The molecule has 0 saturated carbocycles. The average molecular weight is 471 g/mol. The lowest BCUT2D eigenvalue weighted by molar-refractivity contribution is -0.138. The number of hydrogen-bond donors (Lipinski definition) is 2. The molecule has 186 valence electrons. The molecule has 0 aromatic heterocycles. The number of aryl methyl sites for hydroxylation is 4. The molecular formula is C28H38O6. The molecule has 0 bridgehead atoms. The van der Waals surface area contributed by atoms with E-state index in [9.17, 15) is 9.59 Å². The minimum absolute atomic E-state index is 0.118. The monoisotopic (exact) mass is 470 g/mol. The van der Waals surface area contributed by atoms with Gasteiger partial charge in [0.05, 0.1) is 14.2 Å². The molecule has 0 radical (unpaired) electrons. The molecule has 2 aromatic rings. The van der Waals surface area contributed by atoms with Crippen LogP contribution < -0.4 is 9.47 Å². The highest BCUT2D eigenvalue weighted by Gasteiger charge is 2.17. The van der Waals surface area contributed by atoms with Crippen LogP contribution in [-0.4, -0.2) is 36.4 Å². The summed E-state index contributed by atoms with van der Waals surface area (Å²) in [5.74, 6) is 0.100. The predicted molar refractivity (Wildman–Crippen MR) is 134 cm³/mol. The molecule has 0 fully saturated rings. The SMILES string of the molecule is CCCc1cc(-c2cc(CCC)c(OC)c(CCCC(=O)O)c2)cc(CCCC(=O)O)c1OC. The van der Waals surface area contributed by atoms with Crippen LogP contribution in [0, 0.1) is 0 Å². The van der Waals surface area contributed by atoms with Crippen LogP contribution in [0.15, 0.2) is 24.3 Å². The van der Waals surface area contributed by atoms with Gasteiger partial charge in [0, 0.05) is 12.8 Å². The van der Waals surface area contributed by atoms with E-state index in [-0.39, 0.29) is 12.8 Å². The summed E-state index contributed by atoms with van der Waals surface area (Å²) in [6.07, 6.45) is 6.26. The average Bonchev–Trinajstić information content (AvgIpc) is 2.78. The number of aliphatic carboxylic acids is 2. The third kappa shape index (κ3) is 7.51. The van der Waals surface area contributed by atoms with Gasteiger partial charge in [0.2, 0.25) is 0 Å². The van der Waals surface area contributed by atoms with Gasteiger partial charge in [-0.25, -0.2) is 0 Å². The lowest BCUT2D eigenvalue weighted by atomic mass is 9.90. The Balaban J connectivity index is 2.59. The Labute approximate surface area is 202 Å². The number of ether oxygens (including phenoxy) is 2. The van der Waals surface area contributed by atoms with E-state index in [1.54, 1.807) is 14.2 Å². The van der Waals surface area contributed by atoms with Crippen LogP contribution in [0.2, 0.25) is 0 Å². The van der Waals surface area contributed by atoms with Crippen LogP contribution in [0.1, 0.15) is 74.6 Å². The maximum atomic E-state index is 11.0. The Hall–Kier alpha value is -3.02. The minimum atomic E-state index is -0.797. The van der Waals surface area contributed by atoms with Crippen molar-refractivity contribution in [3.05, 3.63) is 46.5 Å². The largest absolute Gasteiger partial charge is 0.496 e. The third-order valence-electron chi connectivity index (χ3n) is 5.94. The highest BCUT2D eigenvalue weighted by atomic mass is 16.5. The molecule has 0 saturated heterocycles. The molecule has 0 atom stereocenters. The van der Waals surface area contributed by atoms with Gasteiger partial charge in [-0.3, -0.25) is 9.59 Å². The lowest BCUT2D eigenvalue weighted by Gasteiger charge is -2.19. The first-order chi connectivity index (χ1) is 16.3. The second kappa shape index (κ2) is 13.6. The molecule has 2 aromatic carbocycles. The first-order valence-electron chi connectivity index (χ1n) is 12.2. The van der Waals surface area contributed by atoms with Gasteiger partial charge in [-0.2, -0.15) is 0 Å². The van der Waals surface area contributed by atoms with Crippen LogP contribution in [0.3, 0.4) is 0 Å². The summed E-state index contributed by atoms with van der Waals surface area (Å²) in [6, 6.07) is 8.56. The van der Waals surface area contributed by atoms with Gasteiger partial charge in [-0.15, -0.1) is 0 Å². The Kier molecular flexibility index (Phi) is 10.9. The van der Waals surface area contributed by atoms with Crippen molar-refractivity contribution >= 4 is 11.9 Å². The van der Waals surface area contributed by atoms with Crippen LogP contribution in [0.5, 0.6) is 11.5 Å². The van der Waals surface area contributed by atoms with Gasteiger partial charge in [0.1, 0.15) is 11.5 Å². The fourth-order valence-electron chi connectivity index (χ4n) is 4.51. The highest BCUT2D eigenvalue weighted by Crippen LogP contribution is 2.37. The Morgan fingerprint density at radius 3 is 1.24 bits per heavy atom. The predicted octanol–water partition coefficient (Wildman–Crippen LogP) is 6.09. The highest BCUT2D eigenvalue weighted by molar-refractivity contribution is 5.71. The number of carboxylic acid groups (broad SMARTS) is 2. The summed E-state index contributed by atoms with van der Waals surface area (Å²) in [5, 5.41) is 18.2. The fourth-order valence-corrected chi connectivity index (χ4v) is 4.51. The van der Waals surface area contributed by atoms with Crippen LogP contribution in [0.4, 0.5) is 0 Å². The molecule has 0 aliphatic heterocycles. The van der Waals surface area contributed by atoms with E-state index in [0.717, 1.165) is 70.6 Å². The minimum Gasteiger partial charge on any atom is -0.496 e. The van der Waals surface area contributed by atoms with Crippen molar-refractivity contribution in [2.24, 2.45) is 0 Å². The van der Waals surface area contributed by atoms with E-state index >= 15 is 0 Å². The summed E-state index contributed by atoms with van der Waals surface area (Å²) in [4.78, 5) is 22.1. The van der Waals surface area contributed by atoms with E-state index in [1.165, 1.54) is 0 Å². The topological polar surface area (TPSA) is 93.1 Å². The molecular weight excluding hydrogens is 432 g/mol. The number of methoxy groups -OCH3 is 2. The molecule has 0 amide bonds. The zero-order valence-electron chi connectivity index (χ0n) is 20.9. The molecule has 0 heterocycles. The Morgan fingerprint density at radius 2 is 0.971 bits per heavy atom. The first kappa shape index (κ1) is 27.2. The normalized spacial score (nSPS) is 10.8. The van der Waals surface area contributed by atoms with E-state index in [1.807, 2.05) is 0 Å². The maximum Gasteiger partial charge on any atom is 0.303 e. The van der Waals surface area contributed by atoms with Gasteiger partial charge < -0.3 is 19.7 Å². The second-order valence-electron chi connectivity index (χ2n) is 8.65. The van der Waals surface area contributed by atoms with Gasteiger partial charge in [0.25, 0.3) is 0 Å². The molecule has 6 nitrogen and oxygen atoms in total. The molecule has 0 aliphatic rings. The van der Waals surface area contributed by atoms with Crippen molar-refractivity contribution in [1.29, 1.82) is 0 Å². The molecule has 6 heteroatoms. The van der Waals surface area contributed by atoms with Crippen molar-refractivity contribution in [3.8, 4) is 22.6 Å². The smallest absolute Gasteiger partial charge is 0.303 e. The number of benzene rings is 2. The van der Waals surface area contributed by atoms with Gasteiger partial charge in [-0.1, -0.05) is 26.7 Å². The molecule has 0 aliphatic carbocycles. The standard InChI is InChI=1S/C28H38O6/c1-5-9-19-15-23(17-21(27(19)33-3)11-7-13-25(29)30)24-16-20(10-6-2)28(34-4)22(18-24)12-8-14-26(31)32/h15-18H,5-14H2,1-4H3,(H,29,30)(H,31,32). The van der Waals surface area contributed by atoms with Gasteiger partial charge in [0.15, 0.2) is 0 Å². The Bertz CT molecular complexity index is 900. The van der Waals surface area contributed by atoms with E-state index in [0.29, 0.717) is 25.7 Å². The summed E-state index contributed by atoms with van der Waals surface area (Å²) in [6.45, 7) is 4.26. The van der Waals surface area contributed by atoms with Crippen molar-refractivity contribution in [2.75, 3.05) is 14.2 Å². The number of carbonyl (C=O) groups is 2. The van der Waals surface area contributed by atoms with Crippen molar-refractivity contribution < 1.29 is 29.3 Å². The quantitative estimate of drug-likeness (QED) is 0.327. The van der Waals surface area contributed by atoms with Crippen LogP contribution >= 0.6 is 0 Å². The number of carboxylic acids is 2. The first-order valence-corrected chi connectivity index (χ1v) is 12.2. The summed E-state index contributed by atoms with van der Waals surface area (Å²) in [5.41, 5.74) is 6.40. The van der Waals surface area contributed by atoms with Crippen LogP contribution in [-0.2, 0) is 35.3 Å². The van der Waals surface area contributed by atoms with Crippen molar-refractivity contribution in [1.82, 2.24) is 0 Å². The fraction of sp³-hybridized carbons (Fsp3) is 0.500. The van der Waals surface area contributed by atoms with Gasteiger partial charge >= 0.3 is 11.9 Å². The summed E-state index contributed by atoms with van der Waals surface area (Å²) >= 11 is 0. The molecule has 2 N–H and O–H groups in total. The van der Waals surface area contributed by atoms with Crippen molar-refractivity contribution in [2.45, 2.75) is 78.1 Å². The number of hydrogen-bond acceptors (Lipinski definition) is 4. The van der Waals surface area contributed by atoms with Crippen molar-refractivity contribution in [3.63, 3.8) is 0 Å². The second-order valence-corrected chi connectivity index (χ2v) is 8.65. The molecule has 2 rings (SSSR count). The zero-order chi connectivity index (χ0) is 25.1. The van der Waals surface area contributed by atoms with Gasteiger partial charge in [-0.05, 0) is 96.2 Å². The van der Waals surface area contributed by atoms with E-state index in [4.69, 9.17) is 19.7 Å².